The van der Waals surface area contributed by atoms with E-state index in [1.807, 2.05) is 26.8 Å². The van der Waals surface area contributed by atoms with Crippen LogP contribution in [-0.4, -0.2) is 20.5 Å². The van der Waals surface area contributed by atoms with Crippen molar-refractivity contribution in [1.29, 1.82) is 0 Å². The molecule has 0 saturated carbocycles. The minimum Gasteiger partial charge on any atom is -0.350 e. The number of benzene rings is 1. The Kier molecular flexibility index (Phi) is 5.21. The summed E-state index contributed by atoms with van der Waals surface area (Å²) in [5.74, 6) is -1.99. The van der Waals surface area contributed by atoms with Crippen molar-refractivity contribution in [3.8, 4) is 0 Å². The van der Waals surface area contributed by atoms with Crippen LogP contribution in [0.1, 0.15) is 47.6 Å². The number of aryl methyl sites for hydroxylation is 3. The summed E-state index contributed by atoms with van der Waals surface area (Å²) < 4.78 is 28.2. The molecule has 1 unspecified atom stereocenters. The van der Waals surface area contributed by atoms with Crippen molar-refractivity contribution in [2.45, 2.75) is 46.6 Å². The smallest absolute Gasteiger partial charge is 0.220 e. The maximum atomic E-state index is 13.4. The minimum atomic E-state index is -0.922. The van der Waals surface area contributed by atoms with Gasteiger partial charge in [0, 0.05) is 23.9 Å². The highest BCUT2D eigenvalue weighted by molar-refractivity contribution is 5.76. The largest absolute Gasteiger partial charge is 0.350 e. The molecule has 3 aromatic rings. The molecule has 142 valence electrons. The number of rotatable bonds is 5. The molecule has 1 amide bonds. The first-order valence-electron chi connectivity index (χ1n) is 8.83. The quantitative estimate of drug-likeness (QED) is 0.742. The molecule has 2 heterocycles. The second-order valence-electron chi connectivity index (χ2n) is 6.78. The lowest BCUT2D eigenvalue weighted by molar-refractivity contribution is -0.121. The van der Waals surface area contributed by atoms with Crippen LogP contribution >= 0.6 is 0 Å². The maximum absolute atomic E-state index is 13.4. The van der Waals surface area contributed by atoms with Crippen molar-refractivity contribution in [2.75, 3.05) is 0 Å². The molecule has 27 heavy (non-hydrogen) atoms. The Hall–Kier alpha value is -2.83. The molecule has 2 aromatic heterocycles. The molecule has 0 aliphatic carbocycles. The molecule has 7 heteroatoms. The highest BCUT2D eigenvalue weighted by atomic mass is 19.2. The molecule has 1 aromatic carbocycles. The third kappa shape index (κ3) is 3.97. The van der Waals surface area contributed by atoms with Crippen LogP contribution in [0, 0.1) is 32.4 Å². The summed E-state index contributed by atoms with van der Waals surface area (Å²) >= 11 is 0. The van der Waals surface area contributed by atoms with Crippen LogP contribution < -0.4 is 5.32 Å². The van der Waals surface area contributed by atoms with Crippen LogP contribution in [0.4, 0.5) is 8.78 Å². The van der Waals surface area contributed by atoms with Gasteiger partial charge in [0.1, 0.15) is 0 Å². The van der Waals surface area contributed by atoms with E-state index in [1.165, 1.54) is 6.07 Å². The van der Waals surface area contributed by atoms with Gasteiger partial charge in [-0.3, -0.25) is 4.79 Å². The van der Waals surface area contributed by atoms with E-state index in [2.05, 4.69) is 15.4 Å². The van der Waals surface area contributed by atoms with E-state index in [4.69, 9.17) is 0 Å². The van der Waals surface area contributed by atoms with Gasteiger partial charge in [-0.2, -0.15) is 5.10 Å². The van der Waals surface area contributed by atoms with E-state index in [0.29, 0.717) is 12.0 Å². The van der Waals surface area contributed by atoms with Crippen molar-refractivity contribution >= 4 is 11.6 Å². The Morgan fingerprint density at radius 1 is 1.19 bits per heavy atom. The Bertz CT molecular complexity index is 1010. The van der Waals surface area contributed by atoms with Gasteiger partial charge in [0.15, 0.2) is 17.3 Å². The van der Waals surface area contributed by atoms with Crippen LogP contribution in [-0.2, 0) is 11.2 Å². The summed E-state index contributed by atoms with van der Waals surface area (Å²) in [6.07, 6.45) is 0.791. The summed E-state index contributed by atoms with van der Waals surface area (Å²) in [7, 11) is 0. The molecule has 0 bridgehead atoms. The van der Waals surface area contributed by atoms with E-state index in [-0.39, 0.29) is 12.3 Å². The first-order chi connectivity index (χ1) is 12.8. The Labute approximate surface area is 156 Å². The fraction of sp³-hybridized carbons (Fsp3) is 0.350. The number of nitrogens with zero attached hydrogens (tertiary/aromatic N) is 3. The van der Waals surface area contributed by atoms with Crippen LogP contribution in [0.5, 0.6) is 0 Å². The molecule has 0 aliphatic heterocycles. The highest BCUT2D eigenvalue weighted by Gasteiger charge is 2.15. The van der Waals surface area contributed by atoms with E-state index in [1.54, 1.807) is 11.4 Å². The molecular weight excluding hydrogens is 350 g/mol. The van der Waals surface area contributed by atoms with Gasteiger partial charge in [0.05, 0.1) is 11.7 Å². The van der Waals surface area contributed by atoms with E-state index in [0.717, 1.165) is 40.4 Å². The number of halogens is 2. The molecule has 0 saturated heterocycles. The summed E-state index contributed by atoms with van der Waals surface area (Å²) in [4.78, 5) is 16.9. The predicted molar refractivity (Wildman–Crippen MR) is 98.4 cm³/mol. The number of carbonyl (C=O) groups is 1. The monoisotopic (exact) mass is 372 g/mol. The number of fused-ring (bicyclic) bond motifs is 1. The van der Waals surface area contributed by atoms with Crippen molar-refractivity contribution in [3.63, 3.8) is 0 Å². The van der Waals surface area contributed by atoms with E-state index >= 15 is 0 Å². The third-order valence-electron chi connectivity index (χ3n) is 4.71. The second kappa shape index (κ2) is 7.42. The Morgan fingerprint density at radius 3 is 2.63 bits per heavy atom. The number of hydrogen-bond donors (Lipinski definition) is 1. The summed E-state index contributed by atoms with van der Waals surface area (Å²) in [5.41, 5.74) is 5.03. The van der Waals surface area contributed by atoms with Gasteiger partial charge < -0.3 is 5.32 Å². The van der Waals surface area contributed by atoms with Crippen LogP contribution in [0.2, 0.25) is 0 Å². The third-order valence-corrected chi connectivity index (χ3v) is 4.71. The fourth-order valence-electron chi connectivity index (χ4n) is 3.22. The summed E-state index contributed by atoms with van der Waals surface area (Å²) in [6.45, 7) is 7.54. The zero-order valence-corrected chi connectivity index (χ0v) is 15.8. The molecule has 5 nitrogen and oxygen atoms in total. The fourth-order valence-corrected chi connectivity index (χ4v) is 3.22. The molecule has 0 spiro atoms. The van der Waals surface area contributed by atoms with Crippen molar-refractivity contribution in [1.82, 2.24) is 19.9 Å². The number of amides is 1. The van der Waals surface area contributed by atoms with Gasteiger partial charge in [-0.1, -0.05) is 6.07 Å². The van der Waals surface area contributed by atoms with Crippen molar-refractivity contribution in [2.24, 2.45) is 0 Å². The Morgan fingerprint density at radius 2 is 1.93 bits per heavy atom. The zero-order valence-electron chi connectivity index (χ0n) is 15.8. The van der Waals surface area contributed by atoms with Crippen LogP contribution in [0.25, 0.3) is 5.65 Å². The molecule has 0 radical (unpaired) electrons. The molecule has 1 N–H and O–H groups in total. The lowest BCUT2D eigenvalue weighted by atomic mass is 10.0. The van der Waals surface area contributed by atoms with Gasteiger partial charge in [0.25, 0.3) is 0 Å². The minimum absolute atomic E-state index is 0.164. The second-order valence-corrected chi connectivity index (χ2v) is 6.78. The molecule has 3 rings (SSSR count). The summed E-state index contributed by atoms with van der Waals surface area (Å²) in [5, 5.41) is 7.25. The van der Waals surface area contributed by atoms with Crippen molar-refractivity contribution in [3.05, 3.63) is 64.1 Å². The number of hydrogen-bond acceptors (Lipinski definition) is 3. The lowest BCUT2D eigenvalue weighted by Crippen LogP contribution is -2.27. The van der Waals surface area contributed by atoms with Gasteiger partial charge in [-0.15, -0.1) is 0 Å². The molecule has 0 aliphatic rings. The lowest BCUT2D eigenvalue weighted by Gasteiger charge is -2.15. The molecule has 0 fully saturated rings. The molecule has 1 atom stereocenters. The number of nitrogens with one attached hydrogen (secondary N) is 1. The van der Waals surface area contributed by atoms with Gasteiger partial charge in [-0.25, -0.2) is 18.3 Å². The van der Waals surface area contributed by atoms with E-state index in [9.17, 15) is 13.6 Å². The first-order valence-corrected chi connectivity index (χ1v) is 8.83. The van der Waals surface area contributed by atoms with Gasteiger partial charge in [0.2, 0.25) is 5.91 Å². The average molecular weight is 372 g/mol. The van der Waals surface area contributed by atoms with Crippen LogP contribution in [0.15, 0.2) is 24.3 Å². The molecular formula is C20H22F2N4O. The first kappa shape index (κ1) is 18.9. The summed E-state index contributed by atoms with van der Waals surface area (Å²) in [6, 6.07) is 5.14. The van der Waals surface area contributed by atoms with Crippen molar-refractivity contribution < 1.29 is 13.6 Å². The normalized spacial score (nSPS) is 12.4. The predicted octanol–water partition coefficient (Wildman–Crippen LogP) is 3.74. The highest BCUT2D eigenvalue weighted by Crippen LogP contribution is 2.19. The standard InChI is InChI=1S/C20H22F2N4O/c1-11-9-19-23-13(3)16(14(4)26(19)25-11)6-8-20(27)24-12(2)15-5-7-17(21)18(22)10-15/h5,7,9-10,12H,6,8H2,1-4H3,(H,24,27). The average Bonchev–Trinajstić information content (AvgIpc) is 2.97. The van der Waals surface area contributed by atoms with Crippen LogP contribution in [0.3, 0.4) is 0 Å². The number of aromatic nitrogens is 3. The van der Waals surface area contributed by atoms with Gasteiger partial charge in [-0.05, 0) is 57.4 Å². The maximum Gasteiger partial charge on any atom is 0.220 e. The Balaban J connectivity index is 1.68. The van der Waals surface area contributed by atoms with Gasteiger partial charge >= 0.3 is 0 Å². The topological polar surface area (TPSA) is 59.3 Å². The number of carbonyl (C=O) groups excluding carboxylic acids is 1. The van der Waals surface area contributed by atoms with E-state index < -0.39 is 17.7 Å². The zero-order chi connectivity index (χ0) is 19.7. The SMILES string of the molecule is Cc1cc2nc(C)c(CCC(=O)NC(C)c3ccc(F)c(F)c3)c(C)n2n1.